The number of nitrogens with zero attached hydrogens (tertiary/aromatic N) is 1. The number of alkyl halides is 3. The molecule has 146 valence electrons. The van der Waals surface area contributed by atoms with Crippen molar-refractivity contribution in [2.45, 2.75) is 19.7 Å². The number of ether oxygens (including phenoxy) is 1. The van der Waals surface area contributed by atoms with Gasteiger partial charge in [-0.25, -0.2) is 13.8 Å². The Morgan fingerprint density at radius 2 is 1.89 bits per heavy atom. The molecule has 1 aliphatic heterocycles. The van der Waals surface area contributed by atoms with Gasteiger partial charge in [0.05, 0.1) is 16.9 Å². The third-order valence-corrected chi connectivity index (χ3v) is 3.88. The maximum absolute atomic E-state index is 13.7. The summed E-state index contributed by atoms with van der Waals surface area (Å²) >= 11 is 0. The predicted molar refractivity (Wildman–Crippen MR) is 91.4 cm³/mol. The maximum Gasteiger partial charge on any atom is 0.416 e. The predicted octanol–water partition coefficient (Wildman–Crippen LogP) is 4.83. The normalized spacial score (nSPS) is 13.7. The number of allylic oxidation sites excluding steroid dienone is 1. The first-order chi connectivity index (χ1) is 13.1. The molecule has 0 spiro atoms. The molecule has 2 aromatic rings. The van der Waals surface area contributed by atoms with E-state index in [1.807, 2.05) is 0 Å². The molecule has 0 saturated heterocycles. The zero-order valence-corrected chi connectivity index (χ0v) is 14.4. The van der Waals surface area contributed by atoms with Crippen molar-refractivity contribution in [1.29, 1.82) is 0 Å². The van der Waals surface area contributed by atoms with Crippen molar-refractivity contribution >= 4 is 17.5 Å². The van der Waals surface area contributed by atoms with Crippen LogP contribution in [0.4, 0.5) is 27.6 Å². The van der Waals surface area contributed by atoms with Crippen LogP contribution in [-0.2, 0) is 22.3 Å². The third kappa shape index (κ3) is 4.19. The zero-order valence-electron chi connectivity index (χ0n) is 14.4. The number of rotatable bonds is 4. The topological polar surface area (TPSA) is 50.7 Å². The average molecular weight is 396 g/mol. The molecule has 0 radical (unpaired) electrons. The van der Waals surface area contributed by atoms with Crippen LogP contribution < -0.4 is 5.32 Å². The lowest BCUT2D eigenvalue weighted by atomic mass is 10.1. The summed E-state index contributed by atoms with van der Waals surface area (Å²) in [5, 5.41) is 2.28. The number of nitrogens with one attached hydrogen (secondary N) is 1. The van der Waals surface area contributed by atoms with E-state index in [-0.39, 0.29) is 29.3 Å². The molecule has 28 heavy (non-hydrogen) atoms. The van der Waals surface area contributed by atoms with Crippen molar-refractivity contribution in [2.24, 2.45) is 4.99 Å². The smallest absolute Gasteiger partial charge is 0.416 e. The first kappa shape index (κ1) is 19.5. The Morgan fingerprint density at radius 3 is 2.54 bits per heavy atom. The fourth-order valence-corrected chi connectivity index (χ4v) is 2.50. The molecular weight excluding hydrogens is 383 g/mol. The zero-order chi connectivity index (χ0) is 20.5. The Kier molecular flexibility index (Phi) is 5.17. The lowest BCUT2D eigenvalue weighted by Gasteiger charge is -2.20. The molecular formula is C19H13F5N2O2. The Morgan fingerprint density at radius 1 is 1.14 bits per heavy atom. The van der Waals surface area contributed by atoms with Crippen LogP contribution in [0.2, 0.25) is 0 Å². The summed E-state index contributed by atoms with van der Waals surface area (Å²) in [6.45, 7) is 1.28. The molecule has 9 heteroatoms. The van der Waals surface area contributed by atoms with Crippen LogP contribution in [0.1, 0.15) is 18.1 Å². The average Bonchev–Trinajstić information content (AvgIpc) is 2.60. The van der Waals surface area contributed by atoms with Crippen molar-refractivity contribution in [2.75, 3.05) is 5.32 Å². The second-order valence-electron chi connectivity index (χ2n) is 5.94. The number of anilines is 1. The third-order valence-electron chi connectivity index (χ3n) is 3.88. The highest BCUT2D eigenvalue weighted by Crippen LogP contribution is 2.30. The van der Waals surface area contributed by atoms with Gasteiger partial charge in [0.15, 0.2) is 0 Å². The van der Waals surface area contributed by atoms with Crippen molar-refractivity contribution in [1.82, 2.24) is 0 Å². The van der Waals surface area contributed by atoms with Gasteiger partial charge >= 0.3 is 6.18 Å². The highest BCUT2D eigenvalue weighted by Gasteiger charge is 2.31. The van der Waals surface area contributed by atoms with E-state index >= 15 is 0 Å². The SMILES string of the molecule is CC1=C(C(=O)Nc2ccc(F)cc2F)C(OCc2cccc(C(F)(F)F)c2)=N1. The van der Waals surface area contributed by atoms with Crippen LogP contribution in [-0.4, -0.2) is 11.8 Å². The summed E-state index contributed by atoms with van der Waals surface area (Å²) in [6.07, 6.45) is -4.48. The Bertz CT molecular complexity index is 996. The number of carbonyl (C=O) groups excluding carboxylic acids is 1. The van der Waals surface area contributed by atoms with E-state index in [0.29, 0.717) is 11.8 Å². The monoisotopic (exact) mass is 396 g/mol. The molecule has 0 aliphatic carbocycles. The Balaban J connectivity index is 1.65. The van der Waals surface area contributed by atoms with Crippen molar-refractivity contribution in [3.63, 3.8) is 0 Å². The second-order valence-corrected chi connectivity index (χ2v) is 5.94. The highest BCUT2D eigenvalue weighted by atomic mass is 19.4. The molecule has 0 unspecified atom stereocenters. The van der Waals surface area contributed by atoms with Crippen LogP contribution in [0.5, 0.6) is 0 Å². The minimum atomic E-state index is -4.48. The molecule has 3 rings (SSSR count). The summed E-state index contributed by atoms with van der Waals surface area (Å²) in [7, 11) is 0. The van der Waals surface area contributed by atoms with E-state index in [1.54, 1.807) is 0 Å². The molecule has 1 N–H and O–H groups in total. The molecule has 1 aliphatic rings. The quantitative estimate of drug-likeness (QED) is 0.753. The van der Waals surface area contributed by atoms with E-state index in [9.17, 15) is 26.7 Å². The maximum atomic E-state index is 13.7. The number of hydrogen-bond acceptors (Lipinski definition) is 3. The summed E-state index contributed by atoms with van der Waals surface area (Å²) in [5.74, 6) is -2.54. The summed E-state index contributed by atoms with van der Waals surface area (Å²) in [4.78, 5) is 16.2. The van der Waals surface area contributed by atoms with Crippen LogP contribution in [0.25, 0.3) is 0 Å². The number of benzene rings is 2. The van der Waals surface area contributed by atoms with Crippen LogP contribution >= 0.6 is 0 Å². The molecule has 0 fully saturated rings. The highest BCUT2D eigenvalue weighted by molar-refractivity contribution is 6.26. The summed E-state index contributed by atoms with van der Waals surface area (Å²) in [6, 6.07) is 7.23. The number of aliphatic imine (C=N–C) groups is 1. The van der Waals surface area contributed by atoms with Gasteiger partial charge in [-0.1, -0.05) is 12.1 Å². The molecule has 0 aromatic heterocycles. The number of hydrogen-bond donors (Lipinski definition) is 1. The molecule has 0 atom stereocenters. The standard InChI is InChI=1S/C19H13F5N2O2/c1-10-16(17(27)26-15-6-5-13(20)8-14(15)21)18(25-10)28-9-11-3-2-4-12(7-11)19(22,23)24/h2-8H,9H2,1H3,(H,26,27). The minimum Gasteiger partial charge on any atom is -0.472 e. The molecule has 1 amide bonds. The number of carbonyl (C=O) groups is 1. The number of amides is 1. The first-order valence-electron chi connectivity index (χ1n) is 8.00. The van der Waals surface area contributed by atoms with Crippen LogP contribution in [0, 0.1) is 11.6 Å². The molecule has 1 heterocycles. The van der Waals surface area contributed by atoms with Gasteiger partial charge in [-0.05, 0) is 36.8 Å². The first-order valence-corrected chi connectivity index (χ1v) is 8.00. The van der Waals surface area contributed by atoms with Gasteiger partial charge in [0.25, 0.3) is 5.91 Å². The van der Waals surface area contributed by atoms with E-state index < -0.39 is 29.3 Å². The lowest BCUT2D eigenvalue weighted by molar-refractivity contribution is -0.137. The van der Waals surface area contributed by atoms with E-state index in [1.165, 1.54) is 19.1 Å². The van der Waals surface area contributed by atoms with Crippen molar-refractivity contribution < 1.29 is 31.5 Å². The number of halogens is 5. The van der Waals surface area contributed by atoms with Gasteiger partial charge in [0.2, 0.25) is 5.90 Å². The van der Waals surface area contributed by atoms with Crippen molar-refractivity contribution in [3.05, 3.63) is 76.5 Å². The van der Waals surface area contributed by atoms with Crippen molar-refractivity contribution in [3.8, 4) is 0 Å². The lowest BCUT2D eigenvalue weighted by Crippen LogP contribution is -2.28. The van der Waals surface area contributed by atoms with Gasteiger partial charge in [-0.3, -0.25) is 4.79 Å². The van der Waals surface area contributed by atoms with E-state index in [2.05, 4.69) is 10.3 Å². The molecule has 0 bridgehead atoms. The summed E-state index contributed by atoms with van der Waals surface area (Å²) in [5.41, 5.74) is -0.447. The largest absolute Gasteiger partial charge is 0.472 e. The van der Waals surface area contributed by atoms with E-state index in [0.717, 1.165) is 24.3 Å². The van der Waals surface area contributed by atoms with Gasteiger partial charge in [0.1, 0.15) is 23.8 Å². The Labute approximate surface area is 156 Å². The minimum absolute atomic E-state index is 0.0377. The van der Waals surface area contributed by atoms with Crippen LogP contribution in [0.3, 0.4) is 0 Å². The van der Waals surface area contributed by atoms with Crippen LogP contribution in [0.15, 0.2) is 58.7 Å². The second kappa shape index (κ2) is 7.41. The Hall–Kier alpha value is -3.23. The fourth-order valence-electron chi connectivity index (χ4n) is 2.50. The molecule has 2 aromatic carbocycles. The van der Waals surface area contributed by atoms with E-state index in [4.69, 9.17) is 4.74 Å². The summed E-state index contributed by atoms with van der Waals surface area (Å²) < 4.78 is 70.2. The fraction of sp³-hybridized carbons (Fsp3) is 0.158. The van der Waals surface area contributed by atoms with Gasteiger partial charge < -0.3 is 10.1 Å². The van der Waals surface area contributed by atoms with Gasteiger partial charge in [-0.2, -0.15) is 13.2 Å². The van der Waals surface area contributed by atoms with Gasteiger partial charge in [-0.15, -0.1) is 0 Å². The molecule has 0 saturated carbocycles. The molecule has 4 nitrogen and oxygen atoms in total. The van der Waals surface area contributed by atoms with Gasteiger partial charge in [0, 0.05) is 6.07 Å².